The van der Waals surface area contributed by atoms with E-state index in [9.17, 15) is 4.79 Å². The molecule has 1 atom stereocenters. The Bertz CT molecular complexity index is 707. The molecule has 2 aromatic rings. The Labute approximate surface area is 152 Å². The van der Waals surface area contributed by atoms with Gasteiger partial charge in [0.15, 0.2) is 0 Å². The van der Waals surface area contributed by atoms with Crippen LogP contribution in [0.2, 0.25) is 0 Å². The third-order valence-corrected chi connectivity index (χ3v) is 5.50. The molecule has 1 saturated heterocycles. The standard InChI is InChI=1S/C17H25N5O2S/c1-12-6-7-13(2)22(12)17-20-19-16(25-17)21-9-4-5-14(11-21)15(23)18-8-10-24-3/h6-7,14H,4-5,8-11H2,1-3H3,(H,18,23). The van der Waals surface area contributed by atoms with Crippen LogP contribution in [0.3, 0.4) is 0 Å². The average molecular weight is 363 g/mol. The van der Waals surface area contributed by atoms with Crippen LogP contribution in [0.1, 0.15) is 24.2 Å². The SMILES string of the molecule is COCCNC(=O)C1CCCN(c2nnc(-n3c(C)ccc3C)s2)C1. The molecule has 2 aromatic heterocycles. The van der Waals surface area contributed by atoms with E-state index in [1.165, 1.54) is 0 Å². The van der Waals surface area contributed by atoms with Gasteiger partial charge in [-0.2, -0.15) is 0 Å². The van der Waals surface area contributed by atoms with E-state index in [4.69, 9.17) is 4.74 Å². The van der Waals surface area contributed by atoms with Crippen LogP contribution >= 0.6 is 11.3 Å². The topological polar surface area (TPSA) is 72.3 Å². The molecule has 1 N–H and O–H groups in total. The maximum Gasteiger partial charge on any atom is 0.224 e. The number of anilines is 1. The lowest BCUT2D eigenvalue weighted by Crippen LogP contribution is -2.43. The first kappa shape index (κ1) is 17.9. The van der Waals surface area contributed by atoms with Crippen LogP contribution in [0.4, 0.5) is 5.13 Å². The third-order valence-electron chi connectivity index (χ3n) is 4.53. The number of rotatable bonds is 6. The fourth-order valence-electron chi connectivity index (χ4n) is 3.18. The zero-order valence-corrected chi connectivity index (χ0v) is 15.8. The predicted molar refractivity (Wildman–Crippen MR) is 98.5 cm³/mol. The van der Waals surface area contributed by atoms with Gasteiger partial charge < -0.3 is 15.0 Å². The minimum absolute atomic E-state index is 0.00648. The number of carbonyl (C=O) groups is 1. The molecular formula is C17H25N5O2S. The van der Waals surface area contributed by atoms with Crippen LogP contribution in [0.25, 0.3) is 5.13 Å². The fourth-order valence-corrected chi connectivity index (χ4v) is 4.18. The van der Waals surface area contributed by atoms with Crippen molar-refractivity contribution in [3.63, 3.8) is 0 Å². The molecule has 1 unspecified atom stereocenters. The predicted octanol–water partition coefficient (Wildman–Crippen LogP) is 1.92. The minimum atomic E-state index is -0.00648. The van der Waals surface area contributed by atoms with Crippen molar-refractivity contribution in [2.24, 2.45) is 5.92 Å². The first-order chi connectivity index (χ1) is 12.1. The molecule has 8 heteroatoms. The molecule has 0 spiro atoms. The Morgan fingerprint density at radius 2 is 2.04 bits per heavy atom. The minimum Gasteiger partial charge on any atom is -0.383 e. The van der Waals surface area contributed by atoms with Gasteiger partial charge in [0.25, 0.3) is 0 Å². The van der Waals surface area contributed by atoms with E-state index >= 15 is 0 Å². The summed E-state index contributed by atoms with van der Waals surface area (Å²) in [5.41, 5.74) is 2.29. The molecule has 0 aromatic carbocycles. The van der Waals surface area contributed by atoms with Crippen molar-refractivity contribution in [3.8, 4) is 5.13 Å². The smallest absolute Gasteiger partial charge is 0.224 e. The molecule has 3 heterocycles. The lowest BCUT2D eigenvalue weighted by Gasteiger charge is -2.31. The molecular weight excluding hydrogens is 338 g/mol. The van der Waals surface area contributed by atoms with Gasteiger partial charge in [0.1, 0.15) is 0 Å². The van der Waals surface area contributed by atoms with E-state index in [1.807, 2.05) is 0 Å². The van der Waals surface area contributed by atoms with Crippen LogP contribution in [0, 0.1) is 19.8 Å². The van der Waals surface area contributed by atoms with Crippen molar-refractivity contribution in [1.29, 1.82) is 0 Å². The van der Waals surface area contributed by atoms with E-state index in [0.29, 0.717) is 19.7 Å². The molecule has 1 amide bonds. The highest BCUT2D eigenvalue weighted by Crippen LogP contribution is 2.29. The number of nitrogens with one attached hydrogen (secondary N) is 1. The van der Waals surface area contributed by atoms with Gasteiger partial charge in [0.05, 0.1) is 12.5 Å². The van der Waals surface area contributed by atoms with E-state index < -0.39 is 0 Å². The highest BCUT2D eigenvalue weighted by atomic mass is 32.1. The second-order valence-corrected chi connectivity index (χ2v) is 7.32. The molecule has 3 rings (SSSR count). The average Bonchev–Trinajstić information content (AvgIpc) is 3.22. The van der Waals surface area contributed by atoms with Crippen molar-refractivity contribution in [3.05, 3.63) is 23.5 Å². The summed E-state index contributed by atoms with van der Waals surface area (Å²) in [4.78, 5) is 14.5. The molecule has 1 aliphatic rings. The number of aromatic nitrogens is 3. The molecule has 136 valence electrons. The molecule has 1 fully saturated rings. The van der Waals surface area contributed by atoms with E-state index in [2.05, 4.69) is 51.0 Å². The summed E-state index contributed by atoms with van der Waals surface area (Å²) in [6.45, 7) is 6.83. The second kappa shape index (κ2) is 7.97. The summed E-state index contributed by atoms with van der Waals surface area (Å²) >= 11 is 1.58. The van der Waals surface area contributed by atoms with Crippen LogP contribution in [-0.2, 0) is 9.53 Å². The number of amides is 1. The van der Waals surface area contributed by atoms with Crippen LogP contribution < -0.4 is 10.2 Å². The summed E-state index contributed by atoms with van der Waals surface area (Å²) in [6.07, 6.45) is 1.90. The number of aryl methyl sites for hydroxylation is 2. The molecule has 0 radical (unpaired) electrons. The molecule has 7 nitrogen and oxygen atoms in total. The molecule has 0 bridgehead atoms. The van der Waals surface area contributed by atoms with Gasteiger partial charge in [-0.1, -0.05) is 11.3 Å². The van der Waals surface area contributed by atoms with Gasteiger partial charge in [-0.05, 0) is 38.8 Å². The number of methoxy groups -OCH3 is 1. The number of hydrogen-bond donors (Lipinski definition) is 1. The fraction of sp³-hybridized carbons (Fsp3) is 0.588. The lowest BCUT2D eigenvalue weighted by molar-refractivity contribution is -0.125. The van der Waals surface area contributed by atoms with Crippen molar-refractivity contribution in [1.82, 2.24) is 20.1 Å². The van der Waals surface area contributed by atoms with Gasteiger partial charge in [-0.3, -0.25) is 9.36 Å². The van der Waals surface area contributed by atoms with Gasteiger partial charge in [-0.25, -0.2) is 0 Å². The second-order valence-electron chi connectivity index (χ2n) is 6.39. The van der Waals surface area contributed by atoms with Crippen LogP contribution in [-0.4, -0.2) is 54.0 Å². The van der Waals surface area contributed by atoms with E-state index in [-0.39, 0.29) is 11.8 Å². The first-order valence-corrected chi connectivity index (χ1v) is 9.42. The third kappa shape index (κ3) is 4.01. The summed E-state index contributed by atoms with van der Waals surface area (Å²) in [7, 11) is 1.63. The largest absolute Gasteiger partial charge is 0.383 e. The molecule has 25 heavy (non-hydrogen) atoms. The number of nitrogens with zero attached hydrogens (tertiary/aromatic N) is 4. The Hall–Kier alpha value is -1.93. The highest BCUT2D eigenvalue weighted by Gasteiger charge is 2.27. The Morgan fingerprint density at radius 3 is 2.76 bits per heavy atom. The Morgan fingerprint density at radius 1 is 1.32 bits per heavy atom. The van der Waals surface area contributed by atoms with Crippen LogP contribution in [0.15, 0.2) is 12.1 Å². The zero-order valence-electron chi connectivity index (χ0n) is 15.0. The summed E-state index contributed by atoms with van der Waals surface area (Å²) in [6, 6.07) is 4.16. The monoisotopic (exact) mass is 363 g/mol. The quantitative estimate of drug-likeness (QED) is 0.794. The maximum absolute atomic E-state index is 12.3. The normalized spacial score (nSPS) is 17.7. The molecule has 0 aliphatic carbocycles. The van der Waals surface area contributed by atoms with Crippen molar-refractivity contribution in [2.75, 3.05) is 38.3 Å². The van der Waals surface area contributed by atoms with Crippen molar-refractivity contribution < 1.29 is 9.53 Å². The first-order valence-electron chi connectivity index (χ1n) is 8.60. The van der Waals surface area contributed by atoms with Crippen molar-refractivity contribution in [2.45, 2.75) is 26.7 Å². The van der Waals surface area contributed by atoms with Crippen LogP contribution in [0.5, 0.6) is 0 Å². The van der Waals surface area contributed by atoms with Gasteiger partial charge in [0.2, 0.25) is 16.2 Å². The maximum atomic E-state index is 12.3. The Kier molecular flexibility index (Phi) is 5.70. The Balaban J connectivity index is 1.67. The lowest BCUT2D eigenvalue weighted by atomic mass is 9.97. The number of piperidine rings is 1. The van der Waals surface area contributed by atoms with Gasteiger partial charge in [0, 0.05) is 38.1 Å². The number of hydrogen-bond acceptors (Lipinski definition) is 6. The molecule has 1 aliphatic heterocycles. The van der Waals surface area contributed by atoms with Gasteiger partial charge >= 0.3 is 0 Å². The summed E-state index contributed by atoms with van der Waals surface area (Å²) in [5.74, 6) is 0.0941. The number of carbonyl (C=O) groups excluding carboxylic acids is 1. The van der Waals surface area contributed by atoms with Crippen molar-refractivity contribution >= 4 is 22.4 Å². The van der Waals surface area contributed by atoms with Gasteiger partial charge in [-0.15, -0.1) is 10.2 Å². The molecule has 0 saturated carbocycles. The van der Waals surface area contributed by atoms with E-state index in [1.54, 1.807) is 18.4 Å². The van der Waals surface area contributed by atoms with E-state index in [0.717, 1.165) is 41.0 Å². The number of ether oxygens (including phenoxy) is 1. The summed E-state index contributed by atoms with van der Waals surface area (Å²) in [5, 5.41) is 13.4. The zero-order chi connectivity index (χ0) is 17.8. The summed E-state index contributed by atoms with van der Waals surface area (Å²) < 4.78 is 7.09. The highest BCUT2D eigenvalue weighted by molar-refractivity contribution is 7.17.